The van der Waals surface area contributed by atoms with Crippen molar-refractivity contribution in [3.63, 3.8) is 0 Å². The monoisotopic (exact) mass is 253 g/mol. The summed E-state index contributed by atoms with van der Waals surface area (Å²) < 4.78 is 5.26. The van der Waals surface area contributed by atoms with Gasteiger partial charge in [0.15, 0.2) is 5.82 Å². The van der Waals surface area contributed by atoms with Gasteiger partial charge in [-0.15, -0.1) is 0 Å². The van der Waals surface area contributed by atoms with E-state index in [1.54, 1.807) is 0 Å². The van der Waals surface area contributed by atoms with E-state index in [1.807, 2.05) is 6.92 Å². The molecule has 5 heteroatoms. The summed E-state index contributed by atoms with van der Waals surface area (Å²) in [4.78, 5) is 6.54. The molecule has 102 valence electrons. The van der Waals surface area contributed by atoms with E-state index in [-0.39, 0.29) is 0 Å². The van der Waals surface area contributed by atoms with Gasteiger partial charge in [0, 0.05) is 26.1 Å². The number of aliphatic hydroxyl groups excluding tert-OH is 1. The van der Waals surface area contributed by atoms with Crippen LogP contribution >= 0.6 is 0 Å². The van der Waals surface area contributed by atoms with Crippen LogP contribution in [0.4, 0.5) is 6.01 Å². The molecule has 0 bridgehead atoms. The molecule has 1 aliphatic heterocycles. The van der Waals surface area contributed by atoms with Crippen LogP contribution in [0.5, 0.6) is 0 Å². The predicted octanol–water partition coefficient (Wildman–Crippen LogP) is 1.87. The molecule has 0 spiro atoms. The molecule has 1 atom stereocenters. The first-order chi connectivity index (χ1) is 8.74. The summed E-state index contributed by atoms with van der Waals surface area (Å²) in [5.74, 6) is 2.09. The maximum Gasteiger partial charge on any atom is 0.324 e. The molecule has 0 aromatic carbocycles. The Labute approximate surface area is 108 Å². The number of nitrogens with zero attached hydrogens (tertiary/aromatic N) is 3. The Morgan fingerprint density at radius 3 is 2.72 bits per heavy atom. The lowest BCUT2D eigenvalue weighted by molar-refractivity contribution is 0.208. The fourth-order valence-electron chi connectivity index (χ4n) is 2.62. The first-order valence-electron chi connectivity index (χ1n) is 6.93. The van der Waals surface area contributed by atoms with Gasteiger partial charge in [0.2, 0.25) is 0 Å². The highest BCUT2D eigenvalue weighted by Crippen LogP contribution is 2.28. The molecule has 1 saturated heterocycles. The van der Waals surface area contributed by atoms with E-state index >= 15 is 0 Å². The highest BCUT2D eigenvalue weighted by atomic mass is 16.5. The fraction of sp³-hybridized carbons (Fsp3) is 0.846. The van der Waals surface area contributed by atoms with Gasteiger partial charge >= 0.3 is 6.01 Å². The molecule has 1 fully saturated rings. The molecular formula is C13H23N3O2. The number of anilines is 1. The van der Waals surface area contributed by atoms with Crippen LogP contribution in [0.2, 0.25) is 0 Å². The second-order valence-corrected chi connectivity index (χ2v) is 5.16. The van der Waals surface area contributed by atoms with E-state index in [9.17, 15) is 0 Å². The van der Waals surface area contributed by atoms with Crippen LogP contribution in [0.3, 0.4) is 0 Å². The molecule has 0 unspecified atom stereocenters. The number of aromatic nitrogens is 2. The number of aliphatic hydroxyl groups is 1. The van der Waals surface area contributed by atoms with E-state index in [4.69, 9.17) is 9.63 Å². The minimum absolute atomic E-state index is 0.297. The Balaban J connectivity index is 1.86. The molecule has 0 amide bonds. The van der Waals surface area contributed by atoms with Crippen LogP contribution in [0, 0.1) is 11.8 Å². The van der Waals surface area contributed by atoms with Crippen LogP contribution in [-0.4, -0.2) is 34.9 Å². The van der Waals surface area contributed by atoms with Crippen molar-refractivity contribution in [3.8, 4) is 0 Å². The van der Waals surface area contributed by atoms with E-state index in [0.29, 0.717) is 24.5 Å². The van der Waals surface area contributed by atoms with E-state index in [0.717, 1.165) is 44.6 Å². The lowest BCUT2D eigenvalue weighted by Crippen LogP contribution is -2.36. The summed E-state index contributed by atoms with van der Waals surface area (Å²) in [6.07, 6.45) is 4.01. The molecule has 1 aromatic rings. The summed E-state index contributed by atoms with van der Waals surface area (Å²) in [7, 11) is 0. The lowest BCUT2D eigenvalue weighted by Gasteiger charge is -2.33. The Morgan fingerprint density at radius 2 is 2.17 bits per heavy atom. The van der Waals surface area contributed by atoms with Crippen LogP contribution < -0.4 is 4.90 Å². The van der Waals surface area contributed by atoms with Gasteiger partial charge in [-0.05, 0) is 31.1 Å². The molecule has 0 saturated carbocycles. The number of rotatable bonds is 5. The van der Waals surface area contributed by atoms with Crippen LogP contribution in [0.25, 0.3) is 0 Å². The topological polar surface area (TPSA) is 62.4 Å². The van der Waals surface area contributed by atoms with Crippen molar-refractivity contribution in [2.24, 2.45) is 11.8 Å². The second kappa shape index (κ2) is 6.18. The van der Waals surface area contributed by atoms with Gasteiger partial charge in [-0.1, -0.05) is 19.0 Å². The van der Waals surface area contributed by atoms with Gasteiger partial charge < -0.3 is 14.5 Å². The first-order valence-corrected chi connectivity index (χ1v) is 6.93. The molecule has 2 heterocycles. The molecular weight excluding hydrogens is 230 g/mol. The Kier molecular flexibility index (Phi) is 4.58. The van der Waals surface area contributed by atoms with Crippen molar-refractivity contribution in [3.05, 3.63) is 5.82 Å². The standard InChI is InChI=1S/C13H23N3O2/c1-3-12-14-13(18-15-12)16-7-4-11(5-8-16)10(2)6-9-17/h10-11,17H,3-9H2,1-2H3/t10-/m1/s1. The quantitative estimate of drug-likeness (QED) is 0.868. The number of aryl methyl sites for hydroxylation is 1. The van der Waals surface area contributed by atoms with Gasteiger partial charge in [0.25, 0.3) is 0 Å². The highest BCUT2D eigenvalue weighted by Gasteiger charge is 2.25. The highest BCUT2D eigenvalue weighted by molar-refractivity contribution is 5.25. The zero-order valence-corrected chi connectivity index (χ0v) is 11.3. The van der Waals surface area contributed by atoms with Gasteiger partial charge in [-0.25, -0.2) is 0 Å². The summed E-state index contributed by atoms with van der Waals surface area (Å²) >= 11 is 0. The molecule has 18 heavy (non-hydrogen) atoms. The van der Waals surface area contributed by atoms with Gasteiger partial charge in [0.1, 0.15) is 0 Å². The fourth-order valence-corrected chi connectivity index (χ4v) is 2.62. The zero-order chi connectivity index (χ0) is 13.0. The summed E-state index contributed by atoms with van der Waals surface area (Å²) in [5.41, 5.74) is 0. The molecule has 1 aliphatic rings. The lowest BCUT2D eigenvalue weighted by atomic mass is 9.84. The van der Waals surface area contributed by atoms with E-state index < -0.39 is 0 Å². The molecule has 0 aliphatic carbocycles. The van der Waals surface area contributed by atoms with Crippen LogP contribution in [0.15, 0.2) is 4.52 Å². The average Bonchev–Trinajstić information content (AvgIpc) is 2.88. The van der Waals surface area contributed by atoms with Crippen molar-refractivity contribution >= 4 is 6.01 Å². The normalized spacial score (nSPS) is 19.2. The molecule has 0 radical (unpaired) electrons. The second-order valence-electron chi connectivity index (χ2n) is 5.16. The molecule has 1 N–H and O–H groups in total. The summed E-state index contributed by atoms with van der Waals surface area (Å²) in [6.45, 7) is 6.51. The number of piperidine rings is 1. The third kappa shape index (κ3) is 3.02. The third-order valence-corrected chi connectivity index (χ3v) is 3.97. The third-order valence-electron chi connectivity index (χ3n) is 3.97. The number of hydrogen-bond donors (Lipinski definition) is 1. The van der Waals surface area contributed by atoms with Gasteiger partial charge in [-0.3, -0.25) is 0 Å². The summed E-state index contributed by atoms with van der Waals surface area (Å²) in [5, 5.41) is 12.9. The predicted molar refractivity (Wildman–Crippen MR) is 69.5 cm³/mol. The smallest absolute Gasteiger partial charge is 0.324 e. The average molecular weight is 253 g/mol. The SMILES string of the molecule is CCc1noc(N2CCC([C@H](C)CCO)CC2)n1. The van der Waals surface area contributed by atoms with E-state index in [2.05, 4.69) is 22.0 Å². The van der Waals surface area contributed by atoms with E-state index in [1.165, 1.54) is 0 Å². The van der Waals surface area contributed by atoms with Gasteiger partial charge in [-0.2, -0.15) is 4.98 Å². The van der Waals surface area contributed by atoms with Crippen LogP contribution in [0.1, 0.15) is 38.9 Å². The first kappa shape index (κ1) is 13.3. The molecule has 5 nitrogen and oxygen atoms in total. The zero-order valence-electron chi connectivity index (χ0n) is 11.3. The van der Waals surface area contributed by atoms with Crippen molar-refractivity contribution in [1.29, 1.82) is 0 Å². The van der Waals surface area contributed by atoms with Crippen LogP contribution in [-0.2, 0) is 6.42 Å². The Hall–Kier alpha value is -1.10. The van der Waals surface area contributed by atoms with Gasteiger partial charge in [0.05, 0.1) is 0 Å². The maximum atomic E-state index is 8.98. The maximum absolute atomic E-state index is 8.98. The van der Waals surface area contributed by atoms with Crippen molar-refractivity contribution in [2.75, 3.05) is 24.6 Å². The largest absolute Gasteiger partial charge is 0.396 e. The molecule has 2 rings (SSSR count). The van der Waals surface area contributed by atoms with Crippen molar-refractivity contribution in [2.45, 2.75) is 39.5 Å². The minimum Gasteiger partial charge on any atom is -0.396 e. The van der Waals surface area contributed by atoms with Crippen molar-refractivity contribution < 1.29 is 9.63 Å². The summed E-state index contributed by atoms with van der Waals surface area (Å²) in [6, 6.07) is 0.667. The minimum atomic E-state index is 0.297. The Bertz CT molecular complexity index is 359. The number of hydrogen-bond acceptors (Lipinski definition) is 5. The molecule has 1 aromatic heterocycles. The Morgan fingerprint density at radius 1 is 1.44 bits per heavy atom. The van der Waals surface area contributed by atoms with Crippen molar-refractivity contribution in [1.82, 2.24) is 10.1 Å².